The van der Waals surface area contributed by atoms with Crippen molar-refractivity contribution in [3.05, 3.63) is 78.5 Å². The van der Waals surface area contributed by atoms with Crippen LogP contribution in [0.5, 0.6) is 0 Å². The number of nitrogens with zero attached hydrogens (tertiary/aromatic N) is 2. The number of fused-ring (bicyclic) bond motifs is 1. The highest BCUT2D eigenvalue weighted by Gasteiger charge is 2.22. The second kappa shape index (κ2) is 9.39. The number of hydrogen-bond donors (Lipinski definition) is 3. The third kappa shape index (κ3) is 4.95. The van der Waals surface area contributed by atoms with Crippen molar-refractivity contribution < 1.29 is 4.21 Å². The maximum atomic E-state index is 12.5. The molecule has 4 N–H and O–H groups in total. The Morgan fingerprint density at radius 2 is 1.67 bits per heavy atom. The Morgan fingerprint density at radius 1 is 0.970 bits per heavy atom. The second-order valence-electron chi connectivity index (χ2n) is 8.96. The van der Waals surface area contributed by atoms with Gasteiger partial charge in [-0.05, 0) is 51.0 Å². The predicted octanol–water partition coefficient (Wildman–Crippen LogP) is 5.36. The largest absolute Gasteiger partial charge is 0.308 e. The summed E-state index contributed by atoms with van der Waals surface area (Å²) in [5.74, 6) is 6.28. The molecule has 2 aromatic heterocycles. The summed E-state index contributed by atoms with van der Waals surface area (Å²) in [6, 6.07) is 22.4. The van der Waals surface area contributed by atoms with E-state index in [1.54, 1.807) is 6.20 Å². The Hall–Kier alpha value is -3.13. The SMILES string of the molecule is CC(NS(=O)C(C)(C)C)c1ccc(-c2nc3ccnc(NN)c3cc2-c2ccccc2)cc1. The van der Waals surface area contributed by atoms with E-state index < -0.39 is 11.0 Å². The highest BCUT2D eigenvalue weighted by atomic mass is 32.2. The van der Waals surface area contributed by atoms with Gasteiger partial charge in [-0.25, -0.2) is 24.7 Å². The smallest absolute Gasteiger partial charge is 0.149 e. The van der Waals surface area contributed by atoms with Crippen LogP contribution in [-0.2, 0) is 11.0 Å². The maximum Gasteiger partial charge on any atom is 0.149 e. The first kappa shape index (κ1) is 23.0. The number of nitrogen functional groups attached to an aromatic ring is 1. The van der Waals surface area contributed by atoms with Crippen LogP contribution in [0.15, 0.2) is 72.9 Å². The molecule has 2 atom stereocenters. The zero-order valence-electron chi connectivity index (χ0n) is 19.3. The van der Waals surface area contributed by atoms with Gasteiger partial charge < -0.3 is 5.43 Å². The molecule has 0 saturated carbocycles. The number of hydrogen-bond acceptors (Lipinski definition) is 5. The minimum absolute atomic E-state index is 0.0403. The number of nitrogens with two attached hydrogens (primary N) is 1. The lowest BCUT2D eigenvalue weighted by molar-refractivity contribution is 0.616. The maximum absolute atomic E-state index is 12.5. The quantitative estimate of drug-likeness (QED) is 0.267. The Labute approximate surface area is 197 Å². The highest BCUT2D eigenvalue weighted by molar-refractivity contribution is 7.84. The van der Waals surface area contributed by atoms with Crippen LogP contribution in [0.25, 0.3) is 33.3 Å². The molecule has 7 heteroatoms. The molecule has 4 aromatic rings. The number of benzene rings is 2. The molecule has 0 spiro atoms. The van der Waals surface area contributed by atoms with Gasteiger partial charge in [-0.15, -0.1) is 0 Å². The fourth-order valence-electron chi connectivity index (χ4n) is 3.60. The fraction of sp³-hybridized carbons (Fsp3) is 0.231. The van der Waals surface area contributed by atoms with Crippen LogP contribution in [0.2, 0.25) is 0 Å². The molecular formula is C26H29N5OS. The van der Waals surface area contributed by atoms with Gasteiger partial charge in [-0.3, -0.25) is 0 Å². The molecule has 0 saturated heterocycles. The van der Waals surface area contributed by atoms with Crippen molar-refractivity contribution in [1.29, 1.82) is 0 Å². The highest BCUT2D eigenvalue weighted by Crippen LogP contribution is 2.35. The van der Waals surface area contributed by atoms with Gasteiger partial charge >= 0.3 is 0 Å². The molecule has 6 nitrogen and oxygen atoms in total. The number of aromatic nitrogens is 2. The summed E-state index contributed by atoms with van der Waals surface area (Å²) < 4.78 is 15.4. The zero-order valence-corrected chi connectivity index (χ0v) is 20.1. The van der Waals surface area contributed by atoms with Crippen LogP contribution in [0.1, 0.15) is 39.3 Å². The summed E-state index contributed by atoms with van der Waals surface area (Å²) in [6.45, 7) is 7.91. The van der Waals surface area contributed by atoms with Gasteiger partial charge in [-0.1, -0.05) is 54.6 Å². The molecular weight excluding hydrogens is 430 g/mol. The first-order valence-electron chi connectivity index (χ1n) is 10.9. The van der Waals surface area contributed by atoms with E-state index in [1.165, 1.54) is 0 Å². The van der Waals surface area contributed by atoms with Crippen molar-refractivity contribution in [3.63, 3.8) is 0 Å². The third-order valence-electron chi connectivity index (χ3n) is 5.49. The zero-order chi connectivity index (χ0) is 23.6. The summed E-state index contributed by atoms with van der Waals surface area (Å²) in [4.78, 5) is 9.31. The normalized spacial score (nSPS) is 13.6. The van der Waals surface area contributed by atoms with Crippen molar-refractivity contribution in [3.8, 4) is 22.4 Å². The topological polar surface area (TPSA) is 92.9 Å². The number of pyridine rings is 2. The van der Waals surface area contributed by atoms with Gasteiger partial charge in [0.05, 0.1) is 26.9 Å². The summed E-state index contributed by atoms with van der Waals surface area (Å²) in [7, 11) is -1.14. The molecule has 0 bridgehead atoms. The number of rotatable bonds is 6. The van der Waals surface area contributed by atoms with Crippen LogP contribution < -0.4 is 16.0 Å². The van der Waals surface area contributed by atoms with E-state index in [0.717, 1.165) is 38.9 Å². The lowest BCUT2D eigenvalue weighted by Crippen LogP contribution is -2.34. The van der Waals surface area contributed by atoms with Crippen LogP contribution >= 0.6 is 0 Å². The summed E-state index contributed by atoms with van der Waals surface area (Å²) >= 11 is 0. The van der Waals surface area contributed by atoms with E-state index >= 15 is 0 Å². The van der Waals surface area contributed by atoms with Crippen LogP contribution in [0, 0.1) is 0 Å². The van der Waals surface area contributed by atoms with Gasteiger partial charge in [0.25, 0.3) is 0 Å². The van der Waals surface area contributed by atoms with Gasteiger partial charge in [0.2, 0.25) is 0 Å². The first-order valence-corrected chi connectivity index (χ1v) is 12.0. The Morgan fingerprint density at radius 3 is 2.30 bits per heavy atom. The van der Waals surface area contributed by atoms with E-state index in [0.29, 0.717) is 5.82 Å². The van der Waals surface area contributed by atoms with Gasteiger partial charge in [0.15, 0.2) is 0 Å². The molecule has 170 valence electrons. The average Bonchev–Trinajstić information content (AvgIpc) is 2.82. The molecule has 33 heavy (non-hydrogen) atoms. The Kier molecular flexibility index (Phi) is 6.56. The fourth-order valence-corrected chi connectivity index (χ4v) is 4.41. The van der Waals surface area contributed by atoms with E-state index in [4.69, 9.17) is 10.8 Å². The van der Waals surface area contributed by atoms with Gasteiger partial charge in [0.1, 0.15) is 5.82 Å². The molecule has 0 amide bonds. The van der Waals surface area contributed by atoms with Crippen molar-refractivity contribution in [1.82, 2.24) is 14.7 Å². The standard InChI is InChI=1S/C26H29N5OS/c1-17(31-33(32)26(2,3)4)18-10-12-20(13-11-18)24-21(19-8-6-5-7-9-19)16-22-23(29-24)14-15-28-25(22)30-27/h5-17,31H,27H2,1-4H3,(H,28,30). The minimum atomic E-state index is -1.14. The monoisotopic (exact) mass is 459 g/mol. The van der Waals surface area contributed by atoms with Crippen LogP contribution in [0.3, 0.4) is 0 Å². The van der Waals surface area contributed by atoms with E-state index in [2.05, 4.69) is 57.6 Å². The second-order valence-corrected chi connectivity index (χ2v) is 11.0. The molecule has 2 unspecified atom stereocenters. The Bertz CT molecular complexity index is 1280. The van der Waals surface area contributed by atoms with Gasteiger partial charge in [-0.2, -0.15) is 0 Å². The molecule has 4 rings (SSSR count). The average molecular weight is 460 g/mol. The van der Waals surface area contributed by atoms with Crippen molar-refractivity contribution in [2.24, 2.45) is 5.84 Å². The molecule has 2 heterocycles. The third-order valence-corrected chi connectivity index (χ3v) is 7.17. The molecule has 0 aliphatic rings. The number of anilines is 1. The summed E-state index contributed by atoms with van der Waals surface area (Å²) in [5, 5.41) is 0.863. The Balaban J connectivity index is 1.77. The molecule has 2 aromatic carbocycles. The van der Waals surface area contributed by atoms with E-state index in [1.807, 2.05) is 52.0 Å². The van der Waals surface area contributed by atoms with Crippen LogP contribution in [-0.4, -0.2) is 18.9 Å². The van der Waals surface area contributed by atoms with Crippen molar-refractivity contribution in [2.75, 3.05) is 5.43 Å². The molecule has 0 fully saturated rings. The van der Waals surface area contributed by atoms with Crippen LogP contribution in [0.4, 0.5) is 5.82 Å². The lowest BCUT2D eigenvalue weighted by Gasteiger charge is -2.22. The number of nitrogens with one attached hydrogen (secondary N) is 2. The van der Waals surface area contributed by atoms with Crippen molar-refractivity contribution in [2.45, 2.75) is 38.5 Å². The summed E-state index contributed by atoms with van der Waals surface area (Å²) in [5.41, 5.74) is 8.50. The first-order chi connectivity index (χ1) is 15.8. The molecule has 0 radical (unpaired) electrons. The van der Waals surface area contributed by atoms with Crippen molar-refractivity contribution >= 4 is 27.7 Å². The minimum Gasteiger partial charge on any atom is -0.308 e. The molecule has 0 aliphatic carbocycles. The van der Waals surface area contributed by atoms with Gasteiger partial charge in [0, 0.05) is 28.8 Å². The summed E-state index contributed by atoms with van der Waals surface area (Å²) in [6.07, 6.45) is 1.70. The van der Waals surface area contributed by atoms with E-state index in [-0.39, 0.29) is 10.8 Å². The number of hydrazine groups is 1. The predicted molar refractivity (Wildman–Crippen MR) is 138 cm³/mol. The van der Waals surface area contributed by atoms with E-state index in [9.17, 15) is 4.21 Å². The lowest BCUT2D eigenvalue weighted by atomic mass is 9.96. The molecule has 0 aliphatic heterocycles.